The number of carbonyl (C=O) groups excluding carboxylic acids is 2. The van der Waals surface area contributed by atoms with Gasteiger partial charge in [-0.05, 0) is 50.1 Å². The van der Waals surface area contributed by atoms with Crippen molar-refractivity contribution in [2.45, 2.75) is 37.9 Å². The molecule has 2 rings (SSSR count). The van der Waals surface area contributed by atoms with Crippen molar-refractivity contribution >= 4 is 38.9 Å². The predicted molar refractivity (Wildman–Crippen MR) is 130 cm³/mol. The molecule has 2 amide bonds. The summed E-state index contributed by atoms with van der Waals surface area (Å²) in [5.74, 6) is -0.167. The van der Waals surface area contributed by atoms with Crippen LogP contribution in [0, 0.1) is 6.92 Å². The first-order valence-corrected chi connectivity index (χ1v) is 12.9. The second kappa shape index (κ2) is 11.2. The number of alkyl halides is 7. The molecule has 39 heavy (non-hydrogen) atoms. The minimum Gasteiger partial charge on any atom is -0.348 e. The molecule has 1 unspecified atom stereocenters. The number of carbonyl (C=O) groups is 2. The molecule has 0 fully saturated rings. The van der Waals surface area contributed by atoms with Gasteiger partial charge < -0.3 is 10.6 Å². The molecule has 0 radical (unpaired) electrons. The van der Waals surface area contributed by atoms with Crippen LogP contribution in [0.1, 0.15) is 38.8 Å². The smallest absolute Gasteiger partial charge is 0.348 e. The molecule has 0 aliphatic heterocycles. The zero-order valence-electron chi connectivity index (χ0n) is 20.6. The van der Waals surface area contributed by atoms with Gasteiger partial charge in [0.15, 0.2) is 0 Å². The number of aliphatic imine (C=N–C) groups is 1. The second-order valence-electron chi connectivity index (χ2n) is 8.57. The van der Waals surface area contributed by atoms with Crippen molar-refractivity contribution in [2.24, 2.45) is 4.99 Å². The molecule has 212 valence electrons. The van der Waals surface area contributed by atoms with Gasteiger partial charge in [0.2, 0.25) is 0 Å². The number of nitrogens with one attached hydrogen (secondary N) is 2. The van der Waals surface area contributed by atoms with E-state index < -0.39 is 57.0 Å². The summed E-state index contributed by atoms with van der Waals surface area (Å²) >= 11 is 0. The SMILES string of the molecule is C=C=Nc1cccc(C(=O)Nc2ccc(C(F)(C(F)(F)F)C(F)(F)F)cc2C)c1C(=O)NC(C)CS(C)(=O)=O. The van der Waals surface area contributed by atoms with Crippen molar-refractivity contribution in [3.05, 3.63) is 65.2 Å². The van der Waals surface area contributed by atoms with Crippen LogP contribution in [-0.2, 0) is 15.5 Å². The van der Waals surface area contributed by atoms with Crippen LogP contribution in [0.25, 0.3) is 0 Å². The lowest BCUT2D eigenvalue weighted by Crippen LogP contribution is -2.50. The largest absolute Gasteiger partial charge is 0.435 e. The van der Waals surface area contributed by atoms with E-state index in [0.29, 0.717) is 12.1 Å². The van der Waals surface area contributed by atoms with Crippen LogP contribution in [0.3, 0.4) is 0 Å². The Morgan fingerprint density at radius 3 is 2.10 bits per heavy atom. The normalized spacial score (nSPS) is 13.3. The maximum absolute atomic E-state index is 14.4. The third kappa shape index (κ3) is 7.03. The molecule has 0 aliphatic carbocycles. The third-order valence-electron chi connectivity index (χ3n) is 5.30. The first kappa shape index (κ1) is 31.5. The highest BCUT2D eigenvalue weighted by atomic mass is 32.2. The van der Waals surface area contributed by atoms with Crippen molar-refractivity contribution < 1.29 is 48.7 Å². The van der Waals surface area contributed by atoms with Crippen molar-refractivity contribution in [3.8, 4) is 0 Å². The average molecular weight is 582 g/mol. The number of aryl methyl sites for hydroxylation is 1. The summed E-state index contributed by atoms with van der Waals surface area (Å²) in [6, 6.07) is 4.13. The summed E-state index contributed by atoms with van der Waals surface area (Å²) in [6.45, 7) is 5.73. The highest BCUT2D eigenvalue weighted by Gasteiger charge is 2.73. The molecule has 0 spiro atoms. The van der Waals surface area contributed by atoms with Gasteiger partial charge in [-0.1, -0.05) is 18.2 Å². The van der Waals surface area contributed by atoms with Crippen molar-refractivity contribution in [1.29, 1.82) is 0 Å². The Balaban J connectivity index is 2.50. The molecule has 0 saturated carbocycles. The fraction of sp³-hybridized carbons (Fsp3) is 0.333. The van der Waals surface area contributed by atoms with E-state index >= 15 is 0 Å². The zero-order chi connectivity index (χ0) is 30.0. The highest BCUT2D eigenvalue weighted by molar-refractivity contribution is 7.90. The topological polar surface area (TPSA) is 105 Å². The standard InChI is InChI=1S/C24H22F7N3O4S/c1-5-32-18-8-6-7-16(19(18)21(36)33-14(3)12-39(4,37)38)20(35)34-17-10-9-15(11-13(17)2)22(25,23(26,27)28)24(29,30)31/h6-11,14H,1,12H2,2-4H3,(H,33,36)(H,34,35). The van der Waals surface area contributed by atoms with Crippen LogP contribution in [0.15, 0.2) is 48.0 Å². The van der Waals surface area contributed by atoms with Gasteiger partial charge in [0.05, 0.1) is 22.6 Å². The molecule has 1 atom stereocenters. The van der Waals surface area contributed by atoms with Gasteiger partial charge >= 0.3 is 18.0 Å². The van der Waals surface area contributed by atoms with E-state index in [1.54, 1.807) is 0 Å². The second-order valence-corrected chi connectivity index (χ2v) is 10.8. The number of nitrogens with zero attached hydrogens (tertiary/aromatic N) is 1. The van der Waals surface area contributed by atoms with E-state index in [2.05, 4.69) is 28.1 Å². The molecule has 2 aromatic rings. The number of hydrogen-bond acceptors (Lipinski definition) is 5. The monoisotopic (exact) mass is 581 g/mol. The summed E-state index contributed by atoms with van der Waals surface area (Å²) in [5, 5.41) is 4.67. The van der Waals surface area contributed by atoms with E-state index in [1.807, 2.05) is 0 Å². The van der Waals surface area contributed by atoms with E-state index in [9.17, 15) is 48.7 Å². The number of sulfone groups is 1. The van der Waals surface area contributed by atoms with Crippen LogP contribution in [0.2, 0.25) is 0 Å². The summed E-state index contributed by atoms with van der Waals surface area (Å²) < 4.78 is 116. The minimum absolute atomic E-state index is 0.0913. The lowest BCUT2D eigenvalue weighted by molar-refractivity contribution is -0.348. The van der Waals surface area contributed by atoms with Crippen molar-refractivity contribution in [1.82, 2.24) is 5.32 Å². The molecule has 0 heterocycles. The number of rotatable bonds is 8. The van der Waals surface area contributed by atoms with Gasteiger partial charge in [0, 0.05) is 23.5 Å². The Morgan fingerprint density at radius 1 is 1.03 bits per heavy atom. The quantitative estimate of drug-likeness (QED) is 0.331. The average Bonchev–Trinajstić information content (AvgIpc) is 2.76. The van der Waals surface area contributed by atoms with Gasteiger partial charge in [-0.25, -0.2) is 17.8 Å². The number of benzene rings is 2. The molecule has 2 aromatic carbocycles. The van der Waals surface area contributed by atoms with E-state index in [-0.39, 0.29) is 34.1 Å². The molecule has 15 heteroatoms. The molecule has 0 saturated heterocycles. The molecule has 0 aromatic heterocycles. The van der Waals surface area contributed by atoms with Gasteiger partial charge in [-0.3, -0.25) is 9.59 Å². The molecule has 0 bridgehead atoms. The fourth-order valence-electron chi connectivity index (χ4n) is 3.63. The first-order valence-electron chi connectivity index (χ1n) is 10.8. The highest BCUT2D eigenvalue weighted by Crippen LogP contribution is 2.53. The lowest BCUT2D eigenvalue weighted by atomic mass is 9.92. The van der Waals surface area contributed by atoms with Crippen LogP contribution in [-0.4, -0.2) is 56.5 Å². The third-order valence-corrected chi connectivity index (χ3v) is 6.40. The van der Waals surface area contributed by atoms with Crippen LogP contribution in [0.4, 0.5) is 42.1 Å². The van der Waals surface area contributed by atoms with E-state index in [1.165, 1.54) is 25.1 Å². The van der Waals surface area contributed by atoms with Gasteiger partial charge in [-0.15, -0.1) is 0 Å². The van der Waals surface area contributed by atoms with Crippen molar-refractivity contribution in [3.63, 3.8) is 0 Å². The van der Waals surface area contributed by atoms with Gasteiger partial charge in [-0.2, -0.15) is 26.3 Å². The zero-order valence-corrected chi connectivity index (χ0v) is 21.4. The Bertz CT molecular complexity index is 1420. The number of halogens is 7. The van der Waals surface area contributed by atoms with Gasteiger partial charge in [0.25, 0.3) is 11.8 Å². The summed E-state index contributed by atoms with van der Waals surface area (Å²) in [4.78, 5) is 29.8. The molecule has 0 aliphatic rings. The lowest BCUT2D eigenvalue weighted by Gasteiger charge is -2.30. The van der Waals surface area contributed by atoms with Gasteiger partial charge in [0.1, 0.15) is 9.84 Å². The molecule has 2 N–H and O–H groups in total. The van der Waals surface area contributed by atoms with Crippen molar-refractivity contribution in [2.75, 3.05) is 17.3 Å². The molecular formula is C24H22F7N3O4S. The number of hydrogen-bond donors (Lipinski definition) is 2. The van der Waals surface area contributed by atoms with E-state index in [0.717, 1.165) is 13.2 Å². The Labute approximate surface area is 218 Å². The Kier molecular flexibility index (Phi) is 9.04. The predicted octanol–water partition coefficient (Wildman–Crippen LogP) is 5.19. The first-order chi connectivity index (χ1) is 17.7. The summed E-state index contributed by atoms with van der Waals surface area (Å²) in [7, 11) is -3.48. The fourth-order valence-corrected chi connectivity index (χ4v) is 4.63. The summed E-state index contributed by atoms with van der Waals surface area (Å²) in [6.07, 6.45) is -11.7. The molecular weight excluding hydrogens is 559 g/mol. The van der Waals surface area contributed by atoms with Crippen LogP contribution in [0.5, 0.6) is 0 Å². The Hall–Kier alpha value is -3.71. The number of anilines is 1. The minimum atomic E-state index is -6.31. The van der Waals surface area contributed by atoms with E-state index in [4.69, 9.17) is 0 Å². The Morgan fingerprint density at radius 2 is 1.62 bits per heavy atom. The van der Waals surface area contributed by atoms with Crippen LogP contribution >= 0.6 is 0 Å². The number of amides is 2. The maximum atomic E-state index is 14.4. The molecule has 7 nitrogen and oxygen atoms in total. The summed E-state index contributed by atoms with van der Waals surface area (Å²) in [5.41, 5.74) is -8.76. The maximum Gasteiger partial charge on any atom is 0.435 e. The van der Waals surface area contributed by atoms with Crippen LogP contribution < -0.4 is 10.6 Å².